The molecule has 0 radical (unpaired) electrons. The van der Waals surface area contributed by atoms with Gasteiger partial charge in [0.15, 0.2) is 0 Å². The Balaban J connectivity index is 2.40. The summed E-state index contributed by atoms with van der Waals surface area (Å²) in [6.45, 7) is 4.57. The van der Waals surface area contributed by atoms with Crippen LogP contribution in [0.4, 0.5) is 0 Å². The smallest absolute Gasteiger partial charge is 0.237 e. The van der Waals surface area contributed by atoms with Gasteiger partial charge in [-0.2, -0.15) is 0 Å². The summed E-state index contributed by atoms with van der Waals surface area (Å²) >= 11 is 0. The fourth-order valence-corrected chi connectivity index (χ4v) is 1.48. The van der Waals surface area contributed by atoms with Crippen LogP contribution in [0, 0.1) is 5.92 Å². The molecule has 1 aromatic rings. The van der Waals surface area contributed by atoms with E-state index in [0.29, 0.717) is 6.54 Å². The first kappa shape index (κ1) is 12.8. The zero-order valence-electron chi connectivity index (χ0n) is 10.2. The van der Waals surface area contributed by atoms with E-state index in [1.165, 1.54) is 0 Å². The molecule has 0 fully saturated rings. The molecule has 4 nitrogen and oxygen atoms in total. The van der Waals surface area contributed by atoms with E-state index in [2.05, 4.69) is 5.32 Å². The third-order valence-corrected chi connectivity index (χ3v) is 2.92. The normalized spacial score (nSPS) is 14.5. The van der Waals surface area contributed by atoms with Crippen molar-refractivity contribution in [3.8, 4) is 0 Å². The minimum atomic E-state index is -0.409. The van der Waals surface area contributed by atoms with E-state index < -0.39 is 6.04 Å². The van der Waals surface area contributed by atoms with Gasteiger partial charge in [0.25, 0.3) is 0 Å². The molecule has 0 aliphatic rings. The molecule has 0 saturated carbocycles. The van der Waals surface area contributed by atoms with Gasteiger partial charge in [-0.15, -0.1) is 0 Å². The Kier molecular flexibility index (Phi) is 4.55. The molecule has 16 heavy (non-hydrogen) atoms. The summed E-state index contributed by atoms with van der Waals surface area (Å²) in [7, 11) is 1.95. The molecule has 2 atom stereocenters. The first-order valence-corrected chi connectivity index (χ1v) is 5.68. The largest absolute Gasteiger partial charge is 0.357 e. The molecule has 4 heteroatoms. The molecule has 0 saturated heterocycles. The number of hydrogen-bond donors (Lipinski definition) is 2. The van der Waals surface area contributed by atoms with Crippen LogP contribution in [0.15, 0.2) is 18.5 Å². The summed E-state index contributed by atoms with van der Waals surface area (Å²) in [5.41, 5.74) is 6.91. The van der Waals surface area contributed by atoms with E-state index in [4.69, 9.17) is 5.73 Å². The lowest BCUT2D eigenvalue weighted by molar-refractivity contribution is -0.123. The van der Waals surface area contributed by atoms with Crippen LogP contribution in [-0.2, 0) is 18.4 Å². The lowest BCUT2D eigenvalue weighted by atomic mass is 9.99. The zero-order valence-corrected chi connectivity index (χ0v) is 10.2. The van der Waals surface area contributed by atoms with E-state index in [-0.39, 0.29) is 11.8 Å². The van der Waals surface area contributed by atoms with Crippen LogP contribution in [0.25, 0.3) is 0 Å². The van der Waals surface area contributed by atoms with Gasteiger partial charge in [0.1, 0.15) is 0 Å². The Morgan fingerprint density at radius 1 is 1.62 bits per heavy atom. The molecule has 1 heterocycles. The Labute approximate surface area is 96.8 Å². The highest BCUT2D eigenvalue weighted by Crippen LogP contribution is 2.05. The summed E-state index contributed by atoms with van der Waals surface area (Å²) in [5.74, 6) is 0.147. The molecule has 3 N–H and O–H groups in total. The molecule has 1 rings (SSSR count). The van der Waals surface area contributed by atoms with Crippen molar-refractivity contribution in [1.82, 2.24) is 9.88 Å². The molecule has 1 amide bonds. The molecule has 0 spiro atoms. The van der Waals surface area contributed by atoms with Crippen molar-refractivity contribution < 1.29 is 4.79 Å². The fraction of sp³-hybridized carbons (Fsp3) is 0.583. The number of amides is 1. The standard InChI is InChI=1S/C12H21N3O/c1-4-9(2)11(13)12(16)14-7-10-5-6-15(3)8-10/h5-6,8-9,11H,4,7,13H2,1-3H3,(H,14,16)/t9-,11-/m0/s1. The number of nitrogens with zero attached hydrogens (tertiary/aromatic N) is 1. The summed E-state index contributed by atoms with van der Waals surface area (Å²) in [4.78, 5) is 11.7. The van der Waals surface area contributed by atoms with Crippen molar-refractivity contribution in [1.29, 1.82) is 0 Å². The Hall–Kier alpha value is -1.29. The topological polar surface area (TPSA) is 60.1 Å². The minimum Gasteiger partial charge on any atom is -0.357 e. The van der Waals surface area contributed by atoms with Crippen molar-refractivity contribution in [3.05, 3.63) is 24.0 Å². The molecule has 1 aromatic heterocycles. The van der Waals surface area contributed by atoms with Crippen molar-refractivity contribution >= 4 is 5.91 Å². The molecule has 0 unspecified atom stereocenters. The van der Waals surface area contributed by atoms with Gasteiger partial charge >= 0.3 is 0 Å². The lowest BCUT2D eigenvalue weighted by Gasteiger charge is -2.17. The Morgan fingerprint density at radius 3 is 2.81 bits per heavy atom. The van der Waals surface area contributed by atoms with Crippen LogP contribution >= 0.6 is 0 Å². The van der Waals surface area contributed by atoms with Crippen LogP contribution in [0.5, 0.6) is 0 Å². The van der Waals surface area contributed by atoms with E-state index in [1.54, 1.807) is 0 Å². The summed E-state index contributed by atoms with van der Waals surface area (Å²) in [5, 5.41) is 2.85. The van der Waals surface area contributed by atoms with E-state index in [0.717, 1.165) is 12.0 Å². The second-order valence-corrected chi connectivity index (χ2v) is 4.31. The SMILES string of the molecule is CC[C@H](C)[C@H](N)C(=O)NCc1ccn(C)c1. The monoisotopic (exact) mass is 223 g/mol. The highest BCUT2D eigenvalue weighted by molar-refractivity contribution is 5.81. The predicted octanol–water partition coefficient (Wildman–Crippen LogP) is 1.01. The summed E-state index contributed by atoms with van der Waals surface area (Å²) in [6.07, 6.45) is 4.85. The van der Waals surface area contributed by atoms with Crippen molar-refractivity contribution in [2.45, 2.75) is 32.9 Å². The van der Waals surface area contributed by atoms with Crippen LogP contribution in [0.2, 0.25) is 0 Å². The highest BCUT2D eigenvalue weighted by Gasteiger charge is 2.18. The van der Waals surface area contributed by atoms with Crippen LogP contribution in [0.3, 0.4) is 0 Å². The molecule has 0 aromatic carbocycles. The zero-order chi connectivity index (χ0) is 12.1. The quantitative estimate of drug-likeness (QED) is 0.782. The maximum atomic E-state index is 11.7. The van der Waals surface area contributed by atoms with E-state index >= 15 is 0 Å². The maximum Gasteiger partial charge on any atom is 0.237 e. The van der Waals surface area contributed by atoms with E-state index in [9.17, 15) is 4.79 Å². The third kappa shape index (κ3) is 3.38. The second-order valence-electron chi connectivity index (χ2n) is 4.31. The van der Waals surface area contributed by atoms with Crippen molar-refractivity contribution in [2.75, 3.05) is 0 Å². The molecule has 0 aliphatic heterocycles. The molecule has 90 valence electrons. The lowest BCUT2D eigenvalue weighted by Crippen LogP contribution is -2.44. The van der Waals surface area contributed by atoms with Crippen LogP contribution in [0.1, 0.15) is 25.8 Å². The average molecular weight is 223 g/mol. The van der Waals surface area contributed by atoms with Gasteiger partial charge in [-0.3, -0.25) is 4.79 Å². The van der Waals surface area contributed by atoms with Crippen molar-refractivity contribution in [3.63, 3.8) is 0 Å². The van der Waals surface area contributed by atoms with Gasteiger partial charge in [0, 0.05) is 26.0 Å². The number of aromatic nitrogens is 1. The number of aryl methyl sites for hydroxylation is 1. The van der Waals surface area contributed by atoms with Gasteiger partial charge in [-0.25, -0.2) is 0 Å². The second kappa shape index (κ2) is 5.70. The van der Waals surface area contributed by atoms with Crippen molar-refractivity contribution in [2.24, 2.45) is 18.7 Å². The highest BCUT2D eigenvalue weighted by atomic mass is 16.2. The molecule has 0 bridgehead atoms. The number of nitrogens with one attached hydrogen (secondary N) is 1. The van der Waals surface area contributed by atoms with Crippen LogP contribution in [-0.4, -0.2) is 16.5 Å². The number of rotatable bonds is 5. The van der Waals surface area contributed by atoms with Gasteiger partial charge in [-0.1, -0.05) is 20.3 Å². The number of hydrogen-bond acceptors (Lipinski definition) is 2. The molecular formula is C12H21N3O. The third-order valence-electron chi connectivity index (χ3n) is 2.92. The van der Waals surface area contributed by atoms with Gasteiger partial charge in [-0.05, 0) is 17.5 Å². The number of carbonyl (C=O) groups excluding carboxylic acids is 1. The summed E-state index contributed by atoms with van der Waals surface area (Å²) < 4.78 is 1.95. The van der Waals surface area contributed by atoms with E-state index in [1.807, 2.05) is 43.9 Å². The number of carbonyl (C=O) groups is 1. The molecule has 0 aliphatic carbocycles. The van der Waals surface area contributed by atoms with Gasteiger partial charge < -0.3 is 15.6 Å². The maximum absolute atomic E-state index is 11.7. The van der Waals surface area contributed by atoms with Gasteiger partial charge in [0.2, 0.25) is 5.91 Å². The first-order chi connectivity index (χ1) is 7.54. The summed E-state index contributed by atoms with van der Waals surface area (Å²) in [6, 6.07) is 1.57. The minimum absolute atomic E-state index is 0.0711. The Bertz CT molecular complexity index is 346. The van der Waals surface area contributed by atoms with Gasteiger partial charge in [0.05, 0.1) is 6.04 Å². The van der Waals surface area contributed by atoms with Crippen LogP contribution < -0.4 is 11.1 Å². The Morgan fingerprint density at radius 2 is 2.31 bits per heavy atom. The average Bonchev–Trinajstić information content (AvgIpc) is 2.69. The fourth-order valence-electron chi connectivity index (χ4n) is 1.48. The number of nitrogens with two attached hydrogens (primary N) is 1. The molecular weight excluding hydrogens is 202 g/mol. The first-order valence-electron chi connectivity index (χ1n) is 5.68. The predicted molar refractivity (Wildman–Crippen MR) is 64.7 cm³/mol.